The normalized spacial score (nSPS) is 11.6. The molecule has 2 heterocycles. The lowest BCUT2D eigenvalue weighted by molar-refractivity contribution is -0.131. The van der Waals surface area contributed by atoms with Crippen molar-refractivity contribution < 1.29 is 9.90 Å². The highest BCUT2D eigenvalue weighted by molar-refractivity contribution is 5.93. The third-order valence-corrected chi connectivity index (χ3v) is 4.34. The Morgan fingerprint density at radius 2 is 1.93 bits per heavy atom. The van der Waals surface area contributed by atoms with Crippen LogP contribution in [0.2, 0.25) is 0 Å². The molecule has 0 atom stereocenters. The van der Waals surface area contributed by atoms with Gasteiger partial charge in [0.25, 0.3) is 0 Å². The number of aromatic nitrogens is 2. The van der Waals surface area contributed by atoms with Crippen LogP contribution in [0.5, 0.6) is 0 Å². The van der Waals surface area contributed by atoms with Crippen molar-refractivity contribution in [2.45, 2.75) is 6.92 Å². The van der Waals surface area contributed by atoms with E-state index in [0.29, 0.717) is 33.8 Å². The molecule has 0 saturated heterocycles. The zero-order valence-electron chi connectivity index (χ0n) is 16.5. The van der Waals surface area contributed by atoms with Crippen LogP contribution in [0.3, 0.4) is 0 Å². The number of benzene rings is 1. The molecule has 0 aliphatic carbocycles. The Morgan fingerprint density at radius 1 is 1.20 bits per heavy atom. The molecule has 0 aliphatic heterocycles. The van der Waals surface area contributed by atoms with Gasteiger partial charge in [-0.3, -0.25) is 14.3 Å². The average Bonchev–Trinajstić information content (AvgIpc) is 2.72. The number of nitrogens with zero attached hydrogens (tertiary/aromatic N) is 2. The Morgan fingerprint density at radius 3 is 2.57 bits per heavy atom. The summed E-state index contributed by atoms with van der Waals surface area (Å²) in [7, 11) is 0. The summed E-state index contributed by atoms with van der Waals surface area (Å²) in [6.07, 6.45) is 7.32. The Hall–Kier alpha value is -4.19. The molecule has 30 heavy (non-hydrogen) atoms. The zero-order chi connectivity index (χ0) is 21.7. The predicted octanol–water partition coefficient (Wildman–Crippen LogP) is 4.46. The largest absolute Gasteiger partial charge is 0.478 e. The Labute approximate surface area is 173 Å². The van der Waals surface area contributed by atoms with Crippen molar-refractivity contribution in [2.75, 3.05) is 5.32 Å². The number of carboxylic acids is 1. The minimum absolute atomic E-state index is 0.278. The molecule has 0 aliphatic rings. The molecule has 1 aromatic carbocycles. The molecule has 3 aromatic rings. The number of hydrogen-bond acceptors (Lipinski definition) is 4. The molecule has 0 saturated carbocycles. The number of aliphatic carboxylic acids is 1. The smallest absolute Gasteiger partial charge is 0.328 e. The van der Waals surface area contributed by atoms with Gasteiger partial charge in [-0.2, -0.15) is 0 Å². The summed E-state index contributed by atoms with van der Waals surface area (Å²) < 4.78 is 1.89. The van der Waals surface area contributed by atoms with Crippen LogP contribution in [0.25, 0.3) is 22.7 Å². The molecular formula is C24H21N3O3. The van der Waals surface area contributed by atoms with Crippen molar-refractivity contribution in [3.8, 4) is 5.69 Å². The van der Waals surface area contributed by atoms with E-state index >= 15 is 0 Å². The summed E-state index contributed by atoms with van der Waals surface area (Å²) >= 11 is 0. The van der Waals surface area contributed by atoms with Gasteiger partial charge < -0.3 is 10.4 Å². The molecule has 0 bridgehead atoms. The molecule has 6 heteroatoms. The Balaban J connectivity index is 2.42. The lowest BCUT2D eigenvalue weighted by Gasteiger charge is -2.19. The second-order valence-electron chi connectivity index (χ2n) is 6.47. The molecule has 150 valence electrons. The maximum atomic E-state index is 13.0. The minimum Gasteiger partial charge on any atom is -0.478 e. The van der Waals surface area contributed by atoms with E-state index in [0.717, 1.165) is 11.8 Å². The standard InChI is InChI=1S/C24H21N3O3/c1-4-9-17(5-2)26-22-15-21(28)24-19(12-13-23(29)30)25-16(3)14-20(24)27(22)18-10-7-6-8-11-18/h4-15,26H,1-2H2,3H3,(H,29,30)/b13-12+,17-9+. The van der Waals surface area contributed by atoms with Gasteiger partial charge in [-0.25, -0.2) is 4.79 Å². The number of fused-ring (bicyclic) bond motifs is 1. The number of carbonyl (C=O) groups is 1. The van der Waals surface area contributed by atoms with Gasteiger partial charge in [0.05, 0.1) is 16.6 Å². The first-order valence-corrected chi connectivity index (χ1v) is 9.20. The summed E-state index contributed by atoms with van der Waals surface area (Å²) in [4.78, 5) is 28.4. The van der Waals surface area contributed by atoms with Gasteiger partial charge in [-0.1, -0.05) is 37.4 Å². The van der Waals surface area contributed by atoms with Crippen LogP contribution in [0.15, 0.2) is 90.4 Å². The summed E-state index contributed by atoms with van der Waals surface area (Å²) in [5.74, 6) is -0.580. The van der Waals surface area contributed by atoms with Crippen molar-refractivity contribution >= 4 is 28.8 Å². The summed E-state index contributed by atoms with van der Waals surface area (Å²) in [5.41, 5.74) is 2.78. The van der Waals surface area contributed by atoms with Crippen molar-refractivity contribution in [3.63, 3.8) is 0 Å². The molecule has 2 aromatic heterocycles. The lowest BCUT2D eigenvalue weighted by atomic mass is 10.1. The van der Waals surface area contributed by atoms with Crippen LogP contribution in [0.4, 0.5) is 5.82 Å². The van der Waals surface area contributed by atoms with E-state index in [2.05, 4.69) is 23.5 Å². The summed E-state index contributed by atoms with van der Waals surface area (Å²) in [6.45, 7) is 9.29. The highest BCUT2D eigenvalue weighted by Crippen LogP contribution is 2.26. The fraction of sp³-hybridized carbons (Fsp3) is 0.0417. The molecule has 0 radical (unpaired) electrons. The maximum absolute atomic E-state index is 13.0. The quantitative estimate of drug-likeness (QED) is 0.453. The third kappa shape index (κ3) is 4.28. The number of pyridine rings is 2. The van der Waals surface area contributed by atoms with Gasteiger partial charge in [-0.05, 0) is 43.4 Å². The third-order valence-electron chi connectivity index (χ3n) is 4.34. The molecule has 0 fully saturated rings. The van der Waals surface area contributed by atoms with E-state index in [1.807, 2.05) is 34.9 Å². The first-order chi connectivity index (χ1) is 14.4. The molecule has 0 amide bonds. The maximum Gasteiger partial charge on any atom is 0.328 e. The number of anilines is 1. The van der Waals surface area contributed by atoms with Crippen molar-refractivity contribution in [1.29, 1.82) is 0 Å². The van der Waals surface area contributed by atoms with Crippen LogP contribution in [0, 0.1) is 6.92 Å². The number of carboxylic acid groups (broad SMARTS) is 1. The summed E-state index contributed by atoms with van der Waals surface area (Å²) in [6, 6.07) is 12.8. The highest BCUT2D eigenvalue weighted by Gasteiger charge is 2.15. The topological polar surface area (TPSA) is 84.2 Å². The van der Waals surface area contributed by atoms with Gasteiger partial charge >= 0.3 is 5.97 Å². The number of rotatable bonds is 7. The first-order valence-electron chi connectivity index (χ1n) is 9.20. The molecule has 0 unspecified atom stereocenters. The van der Waals surface area contributed by atoms with Crippen LogP contribution >= 0.6 is 0 Å². The van der Waals surface area contributed by atoms with E-state index in [9.17, 15) is 9.59 Å². The number of hydrogen-bond donors (Lipinski definition) is 2. The van der Waals surface area contributed by atoms with Crippen LogP contribution in [-0.2, 0) is 4.79 Å². The zero-order valence-corrected chi connectivity index (χ0v) is 16.5. The predicted molar refractivity (Wildman–Crippen MR) is 121 cm³/mol. The van der Waals surface area contributed by atoms with E-state index in [-0.39, 0.29) is 5.43 Å². The van der Waals surface area contributed by atoms with Gasteiger partial charge in [0.15, 0.2) is 5.43 Å². The first kappa shape index (κ1) is 20.5. The second kappa shape index (κ2) is 8.87. The van der Waals surface area contributed by atoms with Crippen molar-refractivity contribution in [2.24, 2.45) is 0 Å². The van der Waals surface area contributed by atoms with Gasteiger partial charge in [-0.15, -0.1) is 0 Å². The molecule has 3 rings (SSSR count). The Bertz CT molecular complexity index is 1250. The second-order valence-corrected chi connectivity index (χ2v) is 6.47. The van der Waals surface area contributed by atoms with Crippen molar-refractivity contribution in [1.82, 2.24) is 9.55 Å². The molecule has 0 spiro atoms. The van der Waals surface area contributed by atoms with Crippen LogP contribution in [-0.4, -0.2) is 20.6 Å². The van der Waals surface area contributed by atoms with Crippen molar-refractivity contribution in [3.05, 3.63) is 107 Å². The molecular weight excluding hydrogens is 378 g/mol. The molecule has 6 nitrogen and oxygen atoms in total. The van der Waals surface area contributed by atoms with Crippen LogP contribution in [0.1, 0.15) is 11.4 Å². The average molecular weight is 399 g/mol. The number of para-hydroxylation sites is 1. The fourth-order valence-corrected chi connectivity index (χ4v) is 3.15. The monoisotopic (exact) mass is 399 g/mol. The lowest BCUT2D eigenvalue weighted by Crippen LogP contribution is -2.15. The van der Waals surface area contributed by atoms with E-state index in [1.54, 1.807) is 31.2 Å². The number of nitrogens with one attached hydrogen (secondary N) is 1. The minimum atomic E-state index is -1.11. The SMILES string of the molecule is C=C/C=C(\C=C)Nc1cc(=O)c2c(/C=C/C(=O)O)nc(C)cc2n1-c1ccccc1. The Kier molecular flexibility index (Phi) is 6.08. The van der Waals surface area contributed by atoms with Gasteiger partial charge in [0.2, 0.25) is 0 Å². The van der Waals surface area contributed by atoms with Gasteiger partial charge in [0, 0.05) is 29.2 Å². The summed E-state index contributed by atoms with van der Waals surface area (Å²) in [5, 5.41) is 12.6. The number of aryl methyl sites for hydroxylation is 1. The van der Waals surface area contributed by atoms with E-state index < -0.39 is 5.97 Å². The molecule has 2 N–H and O–H groups in total. The van der Waals surface area contributed by atoms with E-state index in [4.69, 9.17) is 5.11 Å². The van der Waals surface area contributed by atoms with Crippen LogP contribution < -0.4 is 10.7 Å². The number of allylic oxidation sites excluding steroid dienone is 3. The van der Waals surface area contributed by atoms with E-state index in [1.165, 1.54) is 12.1 Å². The van der Waals surface area contributed by atoms with Gasteiger partial charge in [0.1, 0.15) is 5.82 Å². The highest BCUT2D eigenvalue weighted by atomic mass is 16.4. The fourth-order valence-electron chi connectivity index (χ4n) is 3.15.